The van der Waals surface area contributed by atoms with Crippen molar-refractivity contribution in [3.05, 3.63) is 57.0 Å². The lowest BCUT2D eigenvalue weighted by atomic mass is 10.1. The van der Waals surface area contributed by atoms with Gasteiger partial charge in [0.15, 0.2) is 0 Å². The summed E-state index contributed by atoms with van der Waals surface area (Å²) >= 11 is 0.991. The van der Waals surface area contributed by atoms with Crippen LogP contribution in [0.15, 0.2) is 41.5 Å². The summed E-state index contributed by atoms with van der Waals surface area (Å²) in [5.41, 5.74) is 2.88. The summed E-state index contributed by atoms with van der Waals surface area (Å²) in [4.78, 5) is 25.5. The molecule has 9 heteroatoms. The molecule has 0 saturated carbocycles. The van der Waals surface area contributed by atoms with E-state index in [0.717, 1.165) is 29.9 Å². The maximum atomic E-state index is 12.1. The Morgan fingerprint density at radius 2 is 1.90 bits per heavy atom. The van der Waals surface area contributed by atoms with E-state index in [-0.39, 0.29) is 10.9 Å². The lowest BCUT2D eigenvalue weighted by molar-refractivity contribution is -0.380. The topological polar surface area (TPSA) is 97.1 Å². The van der Waals surface area contributed by atoms with E-state index in [0.29, 0.717) is 17.0 Å². The van der Waals surface area contributed by atoms with Gasteiger partial charge in [-0.1, -0.05) is 17.8 Å². The zero-order valence-electron chi connectivity index (χ0n) is 17.5. The zero-order valence-corrected chi connectivity index (χ0v) is 18.3. The third kappa shape index (κ3) is 7.76. The average Bonchev–Trinajstić information content (AvgIpc) is 3.26. The molecule has 1 aromatic heterocycles. The quantitative estimate of drug-likeness (QED) is 0.239. The Hall–Kier alpha value is -2.78. The van der Waals surface area contributed by atoms with Crippen LogP contribution in [0.25, 0.3) is 0 Å². The van der Waals surface area contributed by atoms with Gasteiger partial charge in [0, 0.05) is 11.6 Å². The van der Waals surface area contributed by atoms with Crippen LogP contribution in [-0.2, 0) is 0 Å². The standard InChI is InChI=1S/C22H28N4O4S/c27-22(24-23-17-20-11-12-21(31-20)26(28)29)18-7-9-19(10-8-18)30-16-6-2-5-15-25-13-3-1-4-14-25/h7-12,17H,1-6,13-16H2,(H,24,27)/b23-17+. The summed E-state index contributed by atoms with van der Waals surface area (Å²) in [6, 6.07) is 9.91. The molecule has 1 N–H and O–H groups in total. The second-order valence-corrected chi connectivity index (χ2v) is 8.56. The molecule has 1 aliphatic rings. The van der Waals surface area contributed by atoms with Gasteiger partial charge >= 0.3 is 5.00 Å². The fraction of sp³-hybridized carbons (Fsp3) is 0.455. The minimum absolute atomic E-state index is 0.0327. The van der Waals surface area contributed by atoms with Gasteiger partial charge in [-0.3, -0.25) is 14.9 Å². The normalized spacial score (nSPS) is 14.6. The Balaban J connectivity index is 1.32. The summed E-state index contributed by atoms with van der Waals surface area (Å²) in [5.74, 6) is 0.383. The Bertz CT molecular complexity index is 876. The maximum Gasteiger partial charge on any atom is 0.324 e. The highest BCUT2D eigenvalue weighted by molar-refractivity contribution is 7.16. The number of hydrogen-bond acceptors (Lipinski definition) is 7. The van der Waals surface area contributed by atoms with Crippen molar-refractivity contribution in [3.63, 3.8) is 0 Å². The van der Waals surface area contributed by atoms with Crippen LogP contribution in [0, 0.1) is 10.1 Å². The van der Waals surface area contributed by atoms with Gasteiger partial charge in [-0.05, 0) is 82.1 Å². The third-order valence-electron chi connectivity index (χ3n) is 5.10. The van der Waals surface area contributed by atoms with E-state index in [9.17, 15) is 14.9 Å². The second kappa shape index (κ2) is 12.2. The smallest absolute Gasteiger partial charge is 0.324 e. The number of hydrazone groups is 1. The molecule has 2 aromatic rings. The first-order chi connectivity index (χ1) is 15.1. The lowest BCUT2D eigenvalue weighted by Gasteiger charge is -2.26. The van der Waals surface area contributed by atoms with Crippen molar-refractivity contribution in [2.24, 2.45) is 5.10 Å². The summed E-state index contributed by atoms with van der Waals surface area (Å²) in [5, 5.41) is 14.6. The molecule has 1 amide bonds. The first-order valence-electron chi connectivity index (χ1n) is 10.6. The number of rotatable bonds is 11. The molecule has 3 rings (SSSR count). The number of nitrogens with zero attached hydrogens (tertiary/aromatic N) is 3. The van der Waals surface area contributed by atoms with Crippen molar-refractivity contribution in [1.82, 2.24) is 10.3 Å². The van der Waals surface area contributed by atoms with Gasteiger partial charge < -0.3 is 9.64 Å². The van der Waals surface area contributed by atoms with Gasteiger partial charge in [-0.25, -0.2) is 5.43 Å². The van der Waals surface area contributed by atoms with Gasteiger partial charge in [-0.15, -0.1) is 0 Å². The predicted molar refractivity (Wildman–Crippen MR) is 122 cm³/mol. The fourth-order valence-corrected chi connectivity index (χ4v) is 4.11. The van der Waals surface area contributed by atoms with E-state index in [1.807, 2.05) is 0 Å². The van der Waals surface area contributed by atoms with Crippen molar-refractivity contribution < 1.29 is 14.5 Å². The molecule has 1 aliphatic heterocycles. The van der Waals surface area contributed by atoms with Gasteiger partial charge in [0.25, 0.3) is 5.91 Å². The molecule has 0 spiro atoms. The van der Waals surface area contributed by atoms with E-state index in [2.05, 4.69) is 15.4 Å². The molecule has 0 unspecified atom stereocenters. The molecule has 166 valence electrons. The third-order valence-corrected chi connectivity index (χ3v) is 6.07. The SMILES string of the molecule is O=C(N/N=C/c1ccc([N+](=O)[O-])s1)c1ccc(OCCCCCN2CCCCC2)cc1. The van der Waals surface area contributed by atoms with Crippen LogP contribution < -0.4 is 10.2 Å². The Labute approximate surface area is 186 Å². The minimum Gasteiger partial charge on any atom is -0.494 e. The van der Waals surface area contributed by atoms with Crippen molar-refractivity contribution in [3.8, 4) is 5.75 Å². The van der Waals surface area contributed by atoms with Crippen LogP contribution in [0.2, 0.25) is 0 Å². The van der Waals surface area contributed by atoms with Crippen molar-refractivity contribution in [2.45, 2.75) is 38.5 Å². The summed E-state index contributed by atoms with van der Waals surface area (Å²) < 4.78 is 5.76. The van der Waals surface area contributed by atoms with E-state index in [1.54, 1.807) is 30.3 Å². The van der Waals surface area contributed by atoms with Gasteiger partial charge in [0.05, 0.1) is 22.6 Å². The summed E-state index contributed by atoms with van der Waals surface area (Å²) in [6.07, 6.45) is 8.82. The molecule has 0 atom stereocenters. The molecule has 1 aromatic carbocycles. The van der Waals surface area contributed by atoms with Gasteiger partial charge in [0.2, 0.25) is 0 Å². The molecule has 0 radical (unpaired) electrons. The zero-order chi connectivity index (χ0) is 21.9. The molecule has 2 heterocycles. The first-order valence-corrected chi connectivity index (χ1v) is 11.5. The monoisotopic (exact) mass is 444 g/mol. The largest absolute Gasteiger partial charge is 0.494 e. The van der Waals surface area contributed by atoms with Crippen LogP contribution in [0.3, 0.4) is 0 Å². The molecule has 0 bridgehead atoms. The van der Waals surface area contributed by atoms with Crippen LogP contribution >= 0.6 is 11.3 Å². The highest BCUT2D eigenvalue weighted by Gasteiger charge is 2.10. The number of piperidine rings is 1. The molecule has 1 saturated heterocycles. The van der Waals surface area contributed by atoms with Gasteiger partial charge in [0.1, 0.15) is 5.75 Å². The van der Waals surface area contributed by atoms with E-state index in [4.69, 9.17) is 4.74 Å². The average molecular weight is 445 g/mol. The molecular weight excluding hydrogens is 416 g/mol. The number of ether oxygens (including phenoxy) is 1. The molecule has 8 nitrogen and oxygen atoms in total. The van der Waals surface area contributed by atoms with Crippen molar-refractivity contribution in [2.75, 3.05) is 26.2 Å². The molecule has 0 aliphatic carbocycles. The van der Waals surface area contributed by atoms with E-state index in [1.165, 1.54) is 57.6 Å². The maximum absolute atomic E-state index is 12.1. The lowest BCUT2D eigenvalue weighted by Crippen LogP contribution is -2.30. The molecule has 31 heavy (non-hydrogen) atoms. The number of thiophene rings is 1. The van der Waals surface area contributed by atoms with Crippen molar-refractivity contribution in [1.29, 1.82) is 0 Å². The number of carbonyl (C=O) groups is 1. The number of nitro groups is 1. The van der Waals surface area contributed by atoms with Crippen LogP contribution in [0.1, 0.15) is 53.8 Å². The Morgan fingerprint density at radius 3 is 2.61 bits per heavy atom. The van der Waals surface area contributed by atoms with Gasteiger partial charge in [-0.2, -0.15) is 5.10 Å². The van der Waals surface area contributed by atoms with Crippen LogP contribution in [0.4, 0.5) is 5.00 Å². The fourth-order valence-electron chi connectivity index (χ4n) is 3.42. The number of hydrogen-bond donors (Lipinski definition) is 1. The predicted octanol–water partition coefficient (Wildman–Crippen LogP) is 4.46. The first kappa shape index (κ1) is 22.9. The second-order valence-electron chi connectivity index (χ2n) is 7.47. The highest BCUT2D eigenvalue weighted by atomic mass is 32.1. The number of amides is 1. The summed E-state index contributed by atoms with van der Waals surface area (Å²) in [6.45, 7) is 4.36. The Morgan fingerprint density at radius 1 is 1.13 bits per heavy atom. The number of unbranched alkanes of at least 4 members (excludes halogenated alkanes) is 2. The number of likely N-dealkylation sites (tertiary alicyclic amines) is 1. The van der Waals surface area contributed by atoms with Crippen LogP contribution in [0.5, 0.6) is 5.75 Å². The minimum atomic E-state index is -0.458. The Kier molecular flexibility index (Phi) is 8.99. The number of carbonyl (C=O) groups excluding carboxylic acids is 1. The molecule has 1 fully saturated rings. The molecular formula is C22H28N4O4S. The van der Waals surface area contributed by atoms with Crippen molar-refractivity contribution >= 4 is 28.5 Å². The summed E-state index contributed by atoms with van der Waals surface area (Å²) in [7, 11) is 0. The highest BCUT2D eigenvalue weighted by Crippen LogP contribution is 2.22. The van der Waals surface area contributed by atoms with E-state index >= 15 is 0 Å². The van der Waals surface area contributed by atoms with Crippen LogP contribution in [-0.4, -0.2) is 48.2 Å². The number of nitrogens with one attached hydrogen (secondary N) is 1. The van der Waals surface area contributed by atoms with E-state index < -0.39 is 4.92 Å². The number of benzene rings is 1.